The number of aromatic nitrogens is 2. The minimum absolute atomic E-state index is 0.0691. The summed E-state index contributed by atoms with van der Waals surface area (Å²) in [6.07, 6.45) is -2.30. The lowest BCUT2D eigenvalue weighted by atomic mass is 10.3. The summed E-state index contributed by atoms with van der Waals surface area (Å²) in [5.41, 5.74) is -0.518. The Balaban J connectivity index is 2.44. The number of nitro groups is 1. The van der Waals surface area contributed by atoms with E-state index >= 15 is 0 Å². The fourth-order valence-corrected chi connectivity index (χ4v) is 2.00. The second kappa shape index (κ2) is 5.70. The summed E-state index contributed by atoms with van der Waals surface area (Å²) < 4.78 is 38.1. The van der Waals surface area contributed by atoms with Gasteiger partial charge in [0.25, 0.3) is 0 Å². The lowest BCUT2D eigenvalue weighted by molar-refractivity contribution is -0.383. The molecule has 0 saturated heterocycles. The molecule has 1 N–H and O–H groups in total. The van der Waals surface area contributed by atoms with Crippen molar-refractivity contribution in [3.8, 4) is 0 Å². The van der Waals surface area contributed by atoms with Crippen LogP contribution in [-0.4, -0.2) is 40.2 Å². The molecule has 1 aliphatic carbocycles. The Labute approximate surface area is 118 Å². The molecule has 1 heterocycles. The first kappa shape index (κ1) is 15.3. The second-order valence-corrected chi connectivity index (χ2v) is 4.66. The zero-order chi connectivity index (χ0) is 15.6. The molecule has 1 saturated carbocycles. The lowest BCUT2D eigenvalue weighted by Crippen LogP contribution is -2.37. The Morgan fingerprint density at radius 1 is 1.48 bits per heavy atom. The maximum Gasteiger partial charge on any atom is 0.405 e. The largest absolute Gasteiger partial charge is 0.405 e. The quantitative estimate of drug-likeness (QED) is 0.641. The molecule has 0 spiro atoms. The van der Waals surface area contributed by atoms with E-state index in [1.165, 1.54) is 0 Å². The average Bonchev–Trinajstić information content (AvgIpc) is 3.19. The van der Waals surface area contributed by atoms with Gasteiger partial charge in [-0.25, -0.2) is 9.97 Å². The van der Waals surface area contributed by atoms with Crippen molar-refractivity contribution in [3.63, 3.8) is 0 Å². The van der Waals surface area contributed by atoms with E-state index in [2.05, 4.69) is 15.3 Å². The standard InChI is InChI=1S/C11H14F3N5O2/c1-2-15-9-8(19(20)21)10(17-6-16-9)18(7-3-4-7)5-11(12,13)14/h6-7H,2-5H2,1H3,(H,15,16,17). The summed E-state index contributed by atoms with van der Waals surface area (Å²) in [5.74, 6) is -0.355. The molecule has 0 amide bonds. The summed E-state index contributed by atoms with van der Waals surface area (Å²) >= 11 is 0. The third kappa shape index (κ3) is 3.70. The summed E-state index contributed by atoms with van der Waals surface area (Å²) in [6.45, 7) is 0.807. The SMILES string of the molecule is CCNc1ncnc(N(CC(F)(F)F)C2CC2)c1[N+](=O)[O-]. The number of hydrogen-bond acceptors (Lipinski definition) is 6. The zero-order valence-corrected chi connectivity index (χ0v) is 11.2. The van der Waals surface area contributed by atoms with Gasteiger partial charge in [-0.15, -0.1) is 0 Å². The van der Waals surface area contributed by atoms with Gasteiger partial charge in [0, 0.05) is 12.6 Å². The molecule has 0 aliphatic heterocycles. The fourth-order valence-electron chi connectivity index (χ4n) is 2.00. The third-order valence-corrected chi connectivity index (χ3v) is 2.94. The van der Waals surface area contributed by atoms with Crippen molar-refractivity contribution < 1.29 is 18.1 Å². The number of hydrogen-bond donors (Lipinski definition) is 1. The molecule has 1 aromatic rings. The maximum absolute atomic E-state index is 12.7. The molecule has 0 radical (unpaired) electrons. The van der Waals surface area contributed by atoms with Crippen LogP contribution >= 0.6 is 0 Å². The first-order chi connectivity index (χ1) is 9.83. The molecule has 0 atom stereocenters. The Morgan fingerprint density at radius 3 is 2.62 bits per heavy atom. The van der Waals surface area contributed by atoms with E-state index in [0.717, 1.165) is 11.2 Å². The molecule has 0 aromatic carbocycles. The van der Waals surface area contributed by atoms with E-state index < -0.39 is 23.3 Å². The van der Waals surface area contributed by atoms with Crippen LogP contribution < -0.4 is 10.2 Å². The Kier molecular flexibility index (Phi) is 4.14. The van der Waals surface area contributed by atoms with Crippen molar-refractivity contribution >= 4 is 17.3 Å². The summed E-state index contributed by atoms with van der Waals surface area (Å²) in [5, 5.41) is 13.9. The van der Waals surface area contributed by atoms with Crippen LogP contribution in [0.1, 0.15) is 19.8 Å². The number of halogens is 3. The molecule has 0 unspecified atom stereocenters. The smallest absolute Gasteiger partial charge is 0.364 e. The molecular formula is C11H14F3N5O2. The Morgan fingerprint density at radius 2 is 2.14 bits per heavy atom. The molecule has 10 heteroatoms. The average molecular weight is 305 g/mol. The predicted molar refractivity (Wildman–Crippen MR) is 69.3 cm³/mol. The number of nitrogens with one attached hydrogen (secondary N) is 1. The van der Waals surface area contributed by atoms with Gasteiger partial charge in [0.15, 0.2) is 0 Å². The van der Waals surface area contributed by atoms with Crippen LogP contribution in [0.15, 0.2) is 6.33 Å². The van der Waals surface area contributed by atoms with Crippen LogP contribution in [0, 0.1) is 10.1 Å². The molecule has 1 aliphatic rings. The van der Waals surface area contributed by atoms with Crippen LogP contribution in [0.2, 0.25) is 0 Å². The van der Waals surface area contributed by atoms with Crippen molar-refractivity contribution in [3.05, 3.63) is 16.4 Å². The molecule has 1 fully saturated rings. The molecule has 21 heavy (non-hydrogen) atoms. The van der Waals surface area contributed by atoms with Gasteiger partial charge in [0.2, 0.25) is 11.6 Å². The molecule has 1 aromatic heterocycles. The van der Waals surface area contributed by atoms with Crippen LogP contribution in [0.5, 0.6) is 0 Å². The van der Waals surface area contributed by atoms with Gasteiger partial charge in [-0.3, -0.25) is 10.1 Å². The van der Waals surface area contributed by atoms with Crippen molar-refractivity contribution in [2.45, 2.75) is 32.0 Å². The zero-order valence-electron chi connectivity index (χ0n) is 11.2. The van der Waals surface area contributed by atoms with E-state index in [-0.39, 0.29) is 17.7 Å². The van der Waals surface area contributed by atoms with E-state index in [1.807, 2.05) is 0 Å². The Hall–Kier alpha value is -2.13. The van der Waals surface area contributed by atoms with Crippen molar-refractivity contribution in [2.24, 2.45) is 0 Å². The summed E-state index contributed by atoms with van der Waals surface area (Å²) in [6, 6.07) is -0.366. The topological polar surface area (TPSA) is 84.2 Å². The van der Waals surface area contributed by atoms with Crippen molar-refractivity contribution in [2.75, 3.05) is 23.3 Å². The third-order valence-electron chi connectivity index (χ3n) is 2.94. The van der Waals surface area contributed by atoms with Crippen LogP contribution in [0.25, 0.3) is 0 Å². The van der Waals surface area contributed by atoms with Gasteiger partial charge in [0.1, 0.15) is 12.9 Å². The van der Waals surface area contributed by atoms with Gasteiger partial charge in [-0.1, -0.05) is 0 Å². The van der Waals surface area contributed by atoms with Gasteiger partial charge in [0.05, 0.1) is 4.92 Å². The monoisotopic (exact) mass is 305 g/mol. The fraction of sp³-hybridized carbons (Fsp3) is 0.636. The van der Waals surface area contributed by atoms with Gasteiger partial charge >= 0.3 is 11.9 Å². The molecule has 7 nitrogen and oxygen atoms in total. The van der Waals surface area contributed by atoms with Gasteiger partial charge < -0.3 is 10.2 Å². The number of nitrogens with zero attached hydrogens (tertiary/aromatic N) is 4. The molecule has 2 rings (SSSR count). The van der Waals surface area contributed by atoms with Gasteiger partial charge in [-0.05, 0) is 19.8 Å². The van der Waals surface area contributed by atoms with E-state index in [0.29, 0.717) is 19.4 Å². The predicted octanol–water partition coefficient (Wildman–Crippen LogP) is 2.35. The Bertz CT molecular complexity index is 533. The van der Waals surface area contributed by atoms with E-state index in [4.69, 9.17) is 0 Å². The van der Waals surface area contributed by atoms with Crippen LogP contribution in [-0.2, 0) is 0 Å². The highest BCUT2D eigenvalue weighted by molar-refractivity contribution is 5.71. The van der Waals surface area contributed by atoms with E-state index in [9.17, 15) is 23.3 Å². The molecular weight excluding hydrogens is 291 g/mol. The normalized spacial score (nSPS) is 14.9. The maximum atomic E-state index is 12.7. The second-order valence-electron chi connectivity index (χ2n) is 4.66. The first-order valence-corrected chi connectivity index (χ1v) is 6.40. The number of rotatable bonds is 6. The lowest BCUT2D eigenvalue weighted by Gasteiger charge is -2.24. The van der Waals surface area contributed by atoms with Crippen LogP contribution in [0.4, 0.5) is 30.5 Å². The highest BCUT2D eigenvalue weighted by atomic mass is 19.4. The molecule has 116 valence electrons. The number of anilines is 2. The molecule has 0 bridgehead atoms. The minimum atomic E-state index is -4.46. The van der Waals surface area contributed by atoms with Crippen LogP contribution in [0.3, 0.4) is 0 Å². The minimum Gasteiger partial charge on any atom is -0.364 e. The van der Waals surface area contributed by atoms with Crippen molar-refractivity contribution in [1.29, 1.82) is 0 Å². The van der Waals surface area contributed by atoms with Gasteiger partial charge in [-0.2, -0.15) is 13.2 Å². The van der Waals surface area contributed by atoms with Crippen molar-refractivity contribution in [1.82, 2.24) is 9.97 Å². The first-order valence-electron chi connectivity index (χ1n) is 6.40. The number of alkyl halides is 3. The van der Waals surface area contributed by atoms with E-state index in [1.54, 1.807) is 6.92 Å². The highest BCUT2D eigenvalue weighted by Gasteiger charge is 2.42. The highest BCUT2D eigenvalue weighted by Crippen LogP contribution is 2.39. The summed E-state index contributed by atoms with van der Waals surface area (Å²) in [4.78, 5) is 18.9. The summed E-state index contributed by atoms with van der Waals surface area (Å²) in [7, 11) is 0.